The molecule has 1 aromatic heterocycles. The second-order valence-electron chi connectivity index (χ2n) is 3.12. The minimum absolute atomic E-state index is 0.379. The van der Waals surface area contributed by atoms with Gasteiger partial charge < -0.3 is 15.4 Å². The lowest BCUT2D eigenvalue weighted by Crippen LogP contribution is -2.36. The van der Waals surface area contributed by atoms with Gasteiger partial charge in [-0.1, -0.05) is 5.92 Å². The molecule has 0 unspecified atom stereocenters. The van der Waals surface area contributed by atoms with Gasteiger partial charge in [-0.25, -0.2) is 4.98 Å². The van der Waals surface area contributed by atoms with Crippen LogP contribution in [0.2, 0.25) is 0 Å². The lowest BCUT2D eigenvalue weighted by atomic mass is 10.4. The molecule has 4 nitrogen and oxygen atoms in total. The molecule has 1 aromatic rings. The molecule has 1 saturated heterocycles. The summed E-state index contributed by atoms with van der Waals surface area (Å²) in [6, 6.07) is 0. The van der Waals surface area contributed by atoms with Gasteiger partial charge in [0.1, 0.15) is 5.69 Å². The van der Waals surface area contributed by atoms with E-state index in [4.69, 9.17) is 10.5 Å². The average Bonchev–Trinajstić information content (AvgIpc) is 2.76. The number of nitrogens with two attached hydrogens (primary N) is 1. The minimum Gasteiger partial charge on any atom is -0.378 e. The number of aromatic nitrogens is 1. The van der Waals surface area contributed by atoms with E-state index in [1.807, 2.05) is 5.38 Å². The van der Waals surface area contributed by atoms with Crippen LogP contribution in [0.4, 0.5) is 5.13 Å². The highest BCUT2D eigenvalue weighted by Crippen LogP contribution is 2.20. The number of hydrogen-bond donors (Lipinski definition) is 1. The normalized spacial score (nSPS) is 15.9. The molecule has 0 saturated carbocycles. The second-order valence-corrected chi connectivity index (χ2v) is 3.96. The van der Waals surface area contributed by atoms with Crippen molar-refractivity contribution in [3.63, 3.8) is 0 Å². The van der Waals surface area contributed by atoms with Crippen molar-refractivity contribution in [3.8, 4) is 11.8 Å². The van der Waals surface area contributed by atoms with Crippen LogP contribution in [0.1, 0.15) is 5.69 Å². The second kappa shape index (κ2) is 5.12. The van der Waals surface area contributed by atoms with Gasteiger partial charge in [-0.05, 0) is 5.92 Å². The zero-order valence-electron chi connectivity index (χ0n) is 8.40. The summed E-state index contributed by atoms with van der Waals surface area (Å²) >= 11 is 1.62. The van der Waals surface area contributed by atoms with Crippen molar-refractivity contribution in [1.82, 2.24) is 4.98 Å². The maximum absolute atomic E-state index is 5.30. The largest absolute Gasteiger partial charge is 0.378 e. The molecular weight excluding hydrogens is 210 g/mol. The Morgan fingerprint density at radius 3 is 3.07 bits per heavy atom. The zero-order chi connectivity index (χ0) is 10.5. The Morgan fingerprint density at radius 1 is 1.53 bits per heavy atom. The molecule has 2 N–H and O–H groups in total. The summed E-state index contributed by atoms with van der Waals surface area (Å²) in [5.74, 6) is 5.73. The van der Waals surface area contributed by atoms with Gasteiger partial charge in [-0.15, -0.1) is 11.3 Å². The third-order valence-electron chi connectivity index (χ3n) is 2.09. The maximum Gasteiger partial charge on any atom is 0.186 e. The van der Waals surface area contributed by atoms with E-state index in [0.29, 0.717) is 6.54 Å². The van der Waals surface area contributed by atoms with Crippen molar-refractivity contribution in [2.45, 2.75) is 0 Å². The van der Waals surface area contributed by atoms with E-state index in [9.17, 15) is 0 Å². The molecule has 0 aliphatic carbocycles. The quantitative estimate of drug-likeness (QED) is 0.695. The summed E-state index contributed by atoms with van der Waals surface area (Å²) in [5.41, 5.74) is 6.11. The fourth-order valence-corrected chi connectivity index (χ4v) is 2.17. The fourth-order valence-electron chi connectivity index (χ4n) is 1.36. The molecule has 1 aliphatic heterocycles. The number of morpholine rings is 1. The summed E-state index contributed by atoms with van der Waals surface area (Å²) in [5, 5.41) is 2.99. The minimum atomic E-state index is 0.379. The van der Waals surface area contributed by atoms with Crippen LogP contribution in [-0.2, 0) is 4.74 Å². The number of thiazole rings is 1. The highest BCUT2D eigenvalue weighted by molar-refractivity contribution is 7.13. The lowest BCUT2D eigenvalue weighted by Gasteiger charge is -2.25. The maximum atomic E-state index is 5.30. The topological polar surface area (TPSA) is 51.4 Å². The number of rotatable bonds is 1. The fraction of sp³-hybridized carbons (Fsp3) is 0.500. The third kappa shape index (κ3) is 2.69. The van der Waals surface area contributed by atoms with E-state index < -0.39 is 0 Å². The Morgan fingerprint density at radius 2 is 2.33 bits per heavy atom. The third-order valence-corrected chi connectivity index (χ3v) is 2.99. The molecule has 0 radical (unpaired) electrons. The molecule has 0 spiro atoms. The van der Waals surface area contributed by atoms with Gasteiger partial charge in [-0.2, -0.15) is 0 Å². The van der Waals surface area contributed by atoms with Gasteiger partial charge in [0.05, 0.1) is 19.8 Å². The van der Waals surface area contributed by atoms with Gasteiger partial charge in [0.25, 0.3) is 0 Å². The lowest BCUT2D eigenvalue weighted by molar-refractivity contribution is 0.122. The van der Waals surface area contributed by atoms with Gasteiger partial charge >= 0.3 is 0 Å². The standard InChI is InChI=1S/C10H13N3OS/c11-3-1-2-9-8-15-10(12-9)13-4-6-14-7-5-13/h8H,3-7,11H2. The van der Waals surface area contributed by atoms with Crippen LogP contribution in [0.25, 0.3) is 0 Å². The number of ether oxygens (including phenoxy) is 1. The highest BCUT2D eigenvalue weighted by atomic mass is 32.1. The van der Waals surface area contributed by atoms with Crippen LogP contribution < -0.4 is 10.6 Å². The van der Waals surface area contributed by atoms with Crippen LogP contribution in [0.15, 0.2) is 5.38 Å². The van der Waals surface area contributed by atoms with Crippen molar-refractivity contribution in [3.05, 3.63) is 11.1 Å². The first kappa shape index (κ1) is 10.4. The average molecular weight is 223 g/mol. The number of anilines is 1. The molecule has 5 heteroatoms. The zero-order valence-corrected chi connectivity index (χ0v) is 9.22. The summed E-state index contributed by atoms with van der Waals surface area (Å²) in [6.07, 6.45) is 0. The van der Waals surface area contributed by atoms with E-state index in [1.54, 1.807) is 11.3 Å². The number of nitrogens with zero attached hydrogens (tertiary/aromatic N) is 2. The molecule has 0 amide bonds. The van der Waals surface area contributed by atoms with Gasteiger partial charge in [-0.3, -0.25) is 0 Å². The van der Waals surface area contributed by atoms with Crippen LogP contribution >= 0.6 is 11.3 Å². The molecule has 0 aromatic carbocycles. The molecule has 0 bridgehead atoms. The Labute approximate surface area is 93.1 Å². The van der Waals surface area contributed by atoms with Crippen LogP contribution in [0.5, 0.6) is 0 Å². The van der Waals surface area contributed by atoms with Gasteiger partial charge in [0.2, 0.25) is 0 Å². The molecular formula is C10H13N3OS. The summed E-state index contributed by atoms with van der Waals surface area (Å²) in [7, 11) is 0. The van der Waals surface area contributed by atoms with Crippen LogP contribution in [0, 0.1) is 11.8 Å². The van der Waals surface area contributed by atoms with Gasteiger partial charge in [0.15, 0.2) is 5.13 Å². The van der Waals surface area contributed by atoms with Crippen LogP contribution in [-0.4, -0.2) is 37.8 Å². The Kier molecular flexibility index (Phi) is 3.56. The molecule has 15 heavy (non-hydrogen) atoms. The smallest absolute Gasteiger partial charge is 0.186 e. The Balaban J connectivity index is 2.05. The molecule has 1 aliphatic rings. The van der Waals surface area contributed by atoms with Crippen molar-refractivity contribution < 1.29 is 4.74 Å². The van der Waals surface area contributed by atoms with Crippen molar-refractivity contribution in [1.29, 1.82) is 0 Å². The van der Waals surface area contributed by atoms with Crippen molar-refractivity contribution in [2.75, 3.05) is 37.7 Å². The first-order chi connectivity index (χ1) is 7.40. The van der Waals surface area contributed by atoms with E-state index in [2.05, 4.69) is 21.7 Å². The predicted octanol–water partition coefficient (Wildman–Crippen LogP) is 0.290. The molecule has 0 atom stereocenters. The highest BCUT2D eigenvalue weighted by Gasteiger charge is 2.13. The van der Waals surface area contributed by atoms with Crippen molar-refractivity contribution >= 4 is 16.5 Å². The van der Waals surface area contributed by atoms with Crippen molar-refractivity contribution in [2.24, 2.45) is 5.73 Å². The first-order valence-corrected chi connectivity index (χ1v) is 5.75. The molecule has 2 heterocycles. The SMILES string of the molecule is NCC#Cc1csc(N2CCOCC2)n1. The molecule has 2 rings (SSSR count). The Bertz CT molecular complexity index is 374. The summed E-state index contributed by atoms with van der Waals surface area (Å²) in [6.45, 7) is 3.77. The van der Waals surface area contributed by atoms with Crippen LogP contribution in [0.3, 0.4) is 0 Å². The van der Waals surface area contributed by atoms with E-state index in [1.165, 1.54) is 0 Å². The first-order valence-electron chi connectivity index (χ1n) is 4.87. The molecule has 1 fully saturated rings. The molecule has 80 valence electrons. The van der Waals surface area contributed by atoms with E-state index in [0.717, 1.165) is 37.1 Å². The van der Waals surface area contributed by atoms with E-state index in [-0.39, 0.29) is 0 Å². The predicted molar refractivity (Wildman–Crippen MR) is 61.1 cm³/mol. The summed E-state index contributed by atoms with van der Waals surface area (Å²) < 4.78 is 5.28. The summed E-state index contributed by atoms with van der Waals surface area (Å²) in [4.78, 5) is 6.66. The number of hydrogen-bond acceptors (Lipinski definition) is 5. The van der Waals surface area contributed by atoms with E-state index >= 15 is 0 Å². The van der Waals surface area contributed by atoms with Gasteiger partial charge in [0, 0.05) is 18.5 Å². The monoisotopic (exact) mass is 223 g/mol. The Hall–Kier alpha value is -1.09.